The zero-order valence-electron chi connectivity index (χ0n) is 28.8. The van der Waals surface area contributed by atoms with Crippen LogP contribution in [-0.4, -0.2) is 66.9 Å². The fourth-order valence-electron chi connectivity index (χ4n) is 6.21. The Morgan fingerprint density at radius 3 is 2.02 bits per heavy atom. The second-order valence-corrected chi connectivity index (χ2v) is 13.5. The van der Waals surface area contributed by atoms with Gasteiger partial charge in [0.15, 0.2) is 0 Å². The number of rotatable bonds is 10. The Labute approximate surface area is 284 Å². The van der Waals surface area contributed by atoms with Gasteiger partial charge in [0.2, 0.25) is 17.7 Å². The average molecular weight is 655 g/mol. The summed E-state index contributed by atoms with van der Waals surface area (Å²) in [5, 5.41) is 8.65. The topological polar surface area (TPSA) is 117 Å². The first kappa shape index (κ1) is 36.2. The Balaban J connectivity index is 1.58. The third kappa shape index (κ3) is 10.2. The molecule has 9 heteroatoms. The fourth-order valence-corrected chi connectivity index (χ4v) is 6.21. The van der Waals surface area contributed by atoms with E-state index in [4.69, 9.17) is 4.74 Å². The van der Waals surface area contributed by atoms with Gasteiger partial charge < -0.3 is 25.6 Å². The van der Waals surface area contributed by atoms with Crippen molar-refractivity contribution in [1.82, 2.24) is 20.9 Å². The lowest BCUT2D eigenvalue weighted by atomic mass is 9.88. The van der Waals surface area contributed by atoms with Gasteiger partial charge in [-0.3, -0.25) is 19.2 Å². The molecule has 48 heavy (non-hydrogen) atoms. The van der Waals surface area contributed by atoms with Crippen molar-refractivity contribution in [2.24, 2.45) is 11.8 Å². The van der Waals surface area contributed by atoms with E-state index >= 15 is 0 Å². The van der Waals surface area contributed by atoms with E-state index in [1.54, 1.807) is 36.2 Å². The zero-order chi connectivity index (χ0) is 34.6. The van der Waals surface area contributed by atoms with Gasteiger partial charge in [0.25, 0.3) is 5.91 Å². The number of hydrogen-bond donors (Lipinski definition) is 3. The number of nitrogens with zero attached hydrogens (tertiary/aromatic N) is 1. The van der Waals surface area contributed by atoms with Crippen molar-refractivity contribution in [2.75, 3.05) is 20.2 Å². The minimum absolute atomic E-state index is 0.0397. The minimum atomic E-state index is -1.18. The van der Waals surface area contributed by atoms with Crippen LogP contribution in [0.4, 0.5) is 0 Å². The Bertz CT molecular complexity index is 1470. The first-order valence-electron chi connectivity index (χ1n) is 17.0. The molecule has 9 nitrogen and oxygen atoms in total. The van der Waals surface area contributed by atoms with E-state index in [1.807, 2.05) is 50.2 Å². The number of fused-ring (bicyclic) bond motifs is 1. The molecule has 1 aliphatic heterocycles. The van der Waals surface area contributed by atoms with Crippen LogP contribution in [0.25, 0.3) is 0 Å². The van der Waals surface area contributed by atoms with Gasteiger partial charge in [-0.2, -0.15) is 0 Å². The Morgan fingerprint density at radius 1 is 0.833 bits per heavy atom. The number of amides is 4. The summed E-state index contributed by atoms with van der Waals surface area (Å²) >= 11 is 0. The maximum Gasteiger partial charge on any atom is 0.255 e. The highest BCUT2D eigenvalue weighted by Gasteiger charge is 2.33. The second-order valence-electron chi connectivity index (χ2n) is 13.5. The fraction of sp³-hybridized carbons (Fsp3) is 0.436. The molecule has 0 fully saturated rings. The van der Waals surface area contributed by atoms with E-state index in [-0.39, 0.29) is 48.3 Å². The number of likely N-dealkylation sites (N-methyl/N-ethyl adjacent to an activating group) is 1. The summed E-state index contributed by atoms with van der Waals surface area (Å²) in [5.41, 5.74) is 2.50. The standard InChI is InChI=1S/C39H50N4O5/c1-26(2)22-30-25-48-35-19-13-12-18-32(35)37(45)42-33(24-36(44)41-34(23-27(3)4)39(47)43(30)5)38(46)40-21-20-31(28-14-8-6-9-15-28)29-16-10-7-11-17-29/h6-19,26-27,30-31,33-34H,20-25H2,1-5H3,(H,40,46)(H,41,44)(H,42,45)/t30-,33+,34+/m1/s1. The molecule has 0 spiro atoms. The molecule has 0 unspecified atom stereocenters. The third-order valence-corrected chi connectivity index (χ3v) is 8.69. The van der Waals surface area contributed by atoms with Gasteiger partial charge in [0.05, 0.1) is 18.0 Å². The van der Waals surface area contributed by atoms with E-state index in [0.29, 0.717) is 31.6 Å². The lowest BCUT2D eigenvalue weighted by molar-refractivity contribution is -0.138. The van der Waals surface area contributed by atoms with E-state index in [9.17, 15) is 19.2 Å². The molecular weight excluding hydrogens is 604 g/mol. The molecule has 0 saturated heterocycles. The monoisotopic (exact) mass is 654 g/mol. The highest BCUT2D eigenvalue weighted by atomic mass is 16.5. The molecule has 0 saturated carbocycles. The first-order valence-corrected chi connectivity index (χ1v) is 17.0. The summed E-state index contributed by atoms with van der Waals surface area (Å²) < 4.78 is 6.20. The molecule has 3 aromatic rings. The average Bonchev–Trinajstić information content (AvgIpc) is 3.07. The van der Waals surface area contributed by atoms with Crippen LogP contribution < -0.4 is 20.7 Å². The van der Waals surface area contributed by atoms with Crippen molar-refractivity contribution in [2.45, 2.75) is 77.4 Å². The predicted octanol–water partition coefficient (Wildman–Crippen LogP) is 5.31. The summed E-state index contributed by atoms with van der Waals surface area (Å²) in [7, 11) is 1.73. The summed E-state index contributed by atoms with van der Waals surface area (Å²) in [4.78, 5) is 56.4. The molecule has 3 atom stereocenters. The molecule has 4 rings (SSSR count). The van der Waals surface area contributed by atoms with Gasteiger partial charge in [-0.15, -0.1) is 0 Å². The molecule has 0 radical (unpaired) electrons. The lowest BCUT2D eigenvalue weighted by Crippen LogP contribution is -2.54. The number of ether oxygens (including phenoxy) is 1. The normalized spacial score (nSPS) is 19.3. The van der Waals surface area contributed by atoms with Gasteiger partial charge in [0.1, 0.15) is 24.4 Å². The lowest BCUT2D eigenvalue weighted by Gasteiger charge is -2.33. The van der Waals surface area contributed by atoms with Crippen LogP contribution >= 0.6 is 0 Å². The van der Waals surface area contributed by atoms with Gasteiger partial charge in [-0.25, -0.2) is 0 Å². The number of hydrogen-bond acceptors (Lipinski definition) is 5. The molecule has 256 valence electrons. The summed E-state index contributed by atoms with van der Waals surface area (Å²) in [5.74, 6) is -0.921. The summed E-state index contributed by atoms with van der Waals surface area (Å²) in [6.07, 6.45) is 1.38. The maximum absolute atomic E-state index is 13.8. The summed E-state index contributed by atoms with van der Waals surface area (Å²) in [6, 6.07) is 24.8. The number of carbonyl (C=O) groups is 4. The van der Waals surface area contributed by atoms with E-state index in [1.165, 1.54) is 0 Å². The van der Waals surface area contributed by atoms with Gasteiger partial charge >= 0.3 is 0 Å². The van der Waals surface area contributed by atoms with E-state index < -0.39 is 29.8 Å². The van der Waals surface area contributed by atoms with Crippen molar-refractivity contribution >= 4 is 23.6 Å². The van der Waals surface area contributed by atoms with Crippen LogP contribution in [0, 0.1) is 11.8 Å². The number of para-hydroxylation sites is 1. The molecule has 1 heterocycles. The van der Waals surface area contributed by atoms with Crippen LogP contribution in [-0.2, 0) is 14.4 Å². The SMILES string of the molecule is CC(C)C[C@@H]1COc2ccccc2C(=O)N[C@H](C(=O)NCCC(c2ccccc2)c2ccccc2)CC(=O)N[C@@H](CC(C)C)C(=O)N1C. The zero-order valence-corrected chi connectivity index (χ0v) is 28.8. The van der Waals surface area contributed by atoms with E-state index in [0.717, 1.165) is 11.1 Å². The van der Waals surface area contributed by atoms with Gasteiger partial charge in [0, 0.05) is 19.5 Å². The number of benzene rings is 3. The van der Waals surface area contributed by atoms with Crippen molar-refractivity contribution in [3.05, 3.63) is 102 Å². The van der Waals surface area contributed by atoms with Crippen molar-refractivity contribution < 1.29 is 23.9 Å². The van der Waals surface area contributed by atoms with Crippen molar-refractivity contribution in [1.29, 1.82) is 0 Å². The highest BCUT2D eigenvalue weighted by Crippen LogP contribution is 2.27. The summed E-state index contributed by atoms with van der Waals surface area (Å²) in [6.45, 7) is 8.62. The highest BCUT2D eigenvalue weighted by molar-refractivity contribution is 6.01. The molecule has 3 N–H and O–H groups in total. The molecule has 4 amide bonds. The predicted molar refractivity (Wildman–Crippen MR) is 188 cm³/mol. The Morgan fingerprint density at radius 2 is 1.42 bits per heavy atom. The quantitative estimate of drug-likeness (QED) is 0.274. The van der Waals surface area contributed by atoms with Crippen LogP contribution in [0.15, 0.2) is 84.9 Å². The first-order chi connectivity index (χ1) is 23.0. The maximum atomic E-state index is 13.8. The molecule has 3 aromatic carbocycles. The van der Waals surface area contributed by atoms with Crippen LogP contribution in [0.5, 0.6) is 5.75 Å². The minimum Gasteiger partial charge on any atom is -0.491 e. The van der Waals surface area contributed by atoms with Gasteiger partial charge in [-0.05, 0) is 54.4 Å². The Hall–Kier alpha value is -4.66. The second kappa shape index (κ2) is 17.5. The van der Waals surface area contributed by atoms with Crippen LogP contribution in [0.3, 0.4) is 0 Å². The van der Waals surface area contributed by atoms with Gasteiger partial charge in [-0.1, -0.05) is 100 Å². The van der Waals surface area contributed by atoms with Crippen molar-refractivity contribution in [3.63, 3.8) is 0 Å². The smallest absolute Gasteiger partial charge is 0.255 e. The van der Waals surface area contributed by atoms with E-state index in [2.05, 4.69) is 54.1 Å². The Kier molecular flexibility index (Phi) is 13.2. The van der Waals surface area contributed by atoms with Crippen molar-refractivity contribution in [3.8, 4) is 5.75 Å². The molecule has 1 aliphatic rings. The number of nitrogens with one attached hydrogen (secondary N) is 3. The molecule has 0 bridgehead atoms. The third-order valence-electron chi connectivity index (χ3n) is 8.69. The van der Waals surface area contributed by atoms with Crippen LogP contribution in [0.1, 0.15) is 80.8 Å². The molecule has 0 aromatic heterocycles. The molecular formula is C39H50N4O5. The number of carbonyl (C=O) groups excluding carboxylic acids is 4. The largest absolute Gasteiger partial charge is 0.491 e. The molecule has 0 aliphatic carbocycles. The van der Waals surface area contributed by atoms with Crippen LogP contribution in [0.2, 0.25) is 0 Å².